The molecule has 1 heterocycles. The highest BCUT2D eigenvalue weighted by Crippen LogP contribution is 2.15. The maximum absolute atomic E-state index is 11.7. The maximum Gasteiger partial charge on any atom is 0.221 e. The van der Waals surface area contributed by atoms with Crippen LogP contribution in [0.5, 0.6) is 0 Å². The molecule has 0 atom stereocenters. The highest BCUT2D eigenvalue weighted by atomic mass is 16.1. The van der Waals surface area contributed by atoms with Crippen molar-refractivity contribution in [1.82, 2.24) is 15.5 Å². The zero-order chi connectivity index (χ0) is 14.3. The fourth-order valence-corrected chi connectivity index (χ4v) is 2.40. The zero-order valence-corrected chi connectivity index (χ0v) is 13.1. The monoisotopic (exact) mass is 269 g/mol. The largest absolute Gasteiger partial charge is 0.356 e. The van der Waals surface area contributed by atoms with Crippen LogP contribution in [0.1, 0.15) is 47.0 Å². The number of amides is 1. The van der Waals surface area contributed by atoms with Crippen LogP contribution in [0.2, 0.25) is 0 Å². The first kappa shape index (κ1) is 16.4. The number of hydrogen-bond acceptors (Lipinski definition) is 3. The molecule has 0 radical (unpaired) electrons. The van der Waals surface area contributed by atoms with Gasteiger partial charge in [0.05, 0.1) is 0 Å². The van der Waals surface area contributed by atoms with Crippen molar-refractivity contribution in [3.05, 3.63) is 0 Å². The highest BCUT2D eigenvalue weighted by Gasteiger charge is 2.18. The fraction of sp³-hybridized carbons (Fsp3) is 0.933. The van der Waals surface area contributed by atoms with Crippen molar-refractivity contribution in [2.75, 3.05) is 32.7 Å². The summed E-state index contributed by atoms with van der Waals surface area (Å²) < 4.78 is 0. The van der Waals surface area contributed by atoms with Gasteiger partial charge in [0.1, 0.15) is 0 Å². The van der Waals surface area contributed by atoms with Gasteiger partial charge in [-0.1, -0.05) is 6.92 Å². The number of likely N-dealkylation sites (tertiary alicyclic amines) is 1. The molecule has 0 spiro atoms. The van der Waals surface area contributed by atoms with Crippen LogP contribution in [0.15, 0.2) is 0 Å². The third kappa shape index (κ3) is 7.53. The summed E-state index contributed by atoms with van der Waals surface area (Å²) in [6, 6.07) is 0. The van der Waals surface area contributed by atoms with Gasteiger partial charge in [0.2, 0.25) is 5.91 Å². The number of piperidine rings is 1. The zero-order valence-electron chi connectivity index (χ0n) is 13.1. The molecule has 0 bridgehead atoms. The minimum absolute atomic E-state index is 0.0905. The van der Waals surface area contributed by atoms with Gasteiger partial charge in [-0.15, -0.1) is 0 Å². The molecule has 0 aromatic rings. The molecule has 1 rings (SSSR count). The number of rotatable bonds is 6. The quantitative estimate of drug-likeness (QED) is 0.770. The first-order valence-corrected chi connectivity index (χ1v) is 7.65. The fourth-order valence-electron chi connectivity index (χ4n) is 2.40. The van der Waals surface area contributed by atoms with E-state index in [-0.39, 0.29) is 11.4 Å². The molecule has 1 saturated heterocycles. The Bertz CT molecular complexity index is 265. The van der Waals surface area contributed by atoms with E-state index >= 15 is 0 Å². The van der Waals surface area contributed by atoms with E-state index in [1.807, 2.05) is 0 Å². The molecule has 112 valence electrons. The second-order valence-corrected chi connectivity index (χ2v) is 6.61. The van der Waals surface area contributed by atoms with Gasteiger partial charge in [0, 0.05) is 25.0 Å². The molecule has 1 aliphatic heterocycles. The molecule has 0 aromatic carbocycles. The number of carbonyl (C=O) groups is 1. The summed E-state index contributed by atoms with van der Waals surface area (Å²) >= 11 is 0. The summed E-state index contributed by atoms with van der Waals surface area (Å²) in [5.41, 5.74) is 0.0905. The van der Waals surface area contributed by atoms with E-state index in [1.54, 1.807) is 0 Å². The summed E-state index contributed by atoms with van der Waals surface area (Å²) in [5, 5.41) is 6.41. The van der Waals surface area contributed by atoms with Crippen LogP contribution in [0.4, 0.5) is 0 Å². The van der Waals surface area contributed by atoms with Crippen molar-refractivity contribution in [3.63, 3.8) is 0 Å². The van der Waals surface area contributed by atoms with Gasteiger partial charge in [0.25, 0.3) is 0 Å². The van der Waals surface area contributed by atoms with Crippen LogP contribution in [-0.4, -0.2) is 49.1 Å². The topological polar surface area (TPSA) is 44.4 Å². The van der Waals surface area contributed by atoms with E-state index in [2.05, 4.69) is 43.2 Å². The lowest BCUT2D eigenvalue weighted by Gasteiger charge is -2.31. The Morgan fingerprint density at radius 3 is 2.42 bits per heavy atom. The van der Waals surface area contributed by atoms with Gasteiger partial charge >= 0.3 is 0 Å². The smallest absolute Gasteiger partial charge is 0.221 e. The number of nitrogens with zero attached hydrogens (tertiary/aromatic N) is 1. The van der Waals surface area contributed by atoms with Crippen LogP contribution >= 0.6 is 0 Å². The SMILES string of the molecule is CCN1CCC(CNC(=O)CCNC(C)(C)C)CC1. The van der Waals surface area contributed by atoms with Crippen molar-refractivity contribution in [3.8, 4) is 0 Å². The molecule has 4 nitrogen and oxygen atoms in total. The van der Waals surface area contributed by atoms with E-state index in [0.717, 1.165) is 19.6 Å². The first-order valence-electron chi connectivity index (χ1n) is 7.65. The lowest BCUT2D eigenvalue weighted by molar-refractivity contribution is -0.121. The normalized spacial score (nSPS) is 18.5. The minimum Gasteiger partial charge on any atom is -0.356 e. The molecule has 1 aliphatic rings. The number of hydrogen-bond donors (Lipinski definition) is 2. The standard InChI is InChI=1S/C15H31N3O/c1-5-18-10-7-13(8-11-18)12-16-14(19)6-9-17-15(2,3)4/h13,17H,5-12H2,1-4H3,(H,16,19). The predicted molar refractivity (Wildman–Crippen MR) is 80.2 cm³/mol. The molecule has 1 fully saturated rings. The molecule has 0 aliphatic carbocycles. The van der Waals surface area contributed by atoms with Crippen molar-refractivity contribution in [2.24, 2.45) is 5.92 Å². The lowest BCUT2D eigenvalue weighted by Crippen LogP contribution is -2.40. The Balaban J connectivity index is 2.07. The van der Waals surface area contributed by atoms with Gasteiger partial charge < -0.3 is 15.5 Å². The molecule has 0 aromatic heterocycles. The average Bonchev–Trinajstić information content (AvgIpc) is 2.35. The van der Waals surface area contributed by atoms with E-state index < -0.39 is 0 Å². The Hall–Kier alpha value is -0.610. The summed E-state index contributed by atoms with van der Waals surface area (Å²) in [5.74, 6) is 0.844. The van der Waals surface area contributed by atoms with E-state index in [4.69, 9.17) is 0 Å². The van der Waals surface area contributed by atoms with Gasteiger partial charge in [-0.05, 0) is 59.2 Å². The summed E-state index contributed by atoms with van der Waals surface area (Å²) in [7, 11) is 0. The second-order valence-electron chi connectivity index (χ2n) is 6.61. The van der Waals surface area contributed by atoms with Crippen molar-refractivity contribution in [1.29, 1.82) is 0 Å². The van der Waals surface area contributed by atoms with Gasteiger partial charge in [0.15, 0.2) is 0 Å². The van der Waals surface area contributed by atoms with E-state index in [1.165, 1.54) is 25.9 Å². The molecule has 2 N–H and O–H groups in total. The van der Waals surface area contributed by atoms with Crippen LogP contribution in [0.25, 0.3) is 0 Å². The van der Waals surface area contributed by atoms with Crippen LogP contribution in [-0.2, 0) is 4.79 Å². The van der Waals surface area contributed by atoms with Crippen LogP contribution < -0.4 is 10.6 Å². The number of nitrogens with one attached hydrogen (secondary N) is 2. The van der Waals surface area contributed by atoms with E-state index in [9.17, 15) is 4.79 Å². The van der Waals surface area contributed by atoms with Crippen LogP contribution in [0, 0.1) is 5.92 Å². The summed E-state index contributed by atoms with van der Waals surface area (Å²) in [4.78, 5) is 14.2. The second kappa shape index (κ2) is 7.85. The predicted octanol–water partition coefficient (Wildman–Crippen LogP) is 1.61. The third-order valence-electron chi connectivity index (χ3n) is 3.75. The first-order chi connectivity index (χ1) is 8.90. The molecule has 4 heteroatoms. The Morgan fingerprint density at radius 1 is 1.26 bits per heavy atom. The minimum atomic E-state index is 0.0905. The Labute approximate surface area is 118 Å². The summed E-state index contributed by atoms with van der Waals surface area (Å²) in [6.45, 7) is 13.7. The van der Waals surface area contributed by atoms with Crippen LogP contribution in [0.3, 0.4) is 0 Å². The molecular weight excluding hydrogens is 238 g/mol. The van der Waals surface area contributed by atoms with E-state index in [0.29, 0.717) is 12.3 Å². The molecule has 0 saturated carbocycles. The lowest BCUT2D eigenvalue weighted by atomic mass is 9.97. The molecule has 1 amide bonds. The van der Waals surface area contributed by atoms with Crippen molar-refractivity contribution in [2.45, 2.75) is 52.5 Å². The summed E-state index contributed by atoms with van der Waals surface area (Å²) in [6.07, 6.45) is 3.01. The molecule has 0 unspecified atom stereocenters. The van der Waals surface area contributed by atoms with Gasteiger partial charge in [-0.2, -0.15) is 0 Å². The third-order valence-corrected chi connectivity index (χ3v) is 3.75. The molecule has 19 heavy (non-hydrogen) atoms. The Kier molecular flexibility index (Phi) is 6.80. The van der Waals surface area contributed by atoms with Gasteiger partial charge in [-0.3, -0.25) is 4.79 Å². The van der Waals surface area contributed by atoms with Crippen molar-refractivity contribution >= 4 is 5.91 Å². The highest BCUT2D eigenvalue weighted by molar-refractivity contribution is 5.76. The van der Waals surface area contributed by atoms with Gasteiger partial charge in [-0.25, -0.2) is 0 Å². The maximum atomic E-state index is 11.7. The average molecular weight is 269 g/mol. The Morgan fingerprint density at radius 2 is 1.89 bits per heavy atom. The molecular formula is C15H31N3O. The number of carbonyl (C=O) groups excluding carboxylic acids is 1. The van der Waals surface area contributed by atoms with Crippen molar-refractivity contribution < 1.29 is 4.79 Å².